The number of hydrogen-bond donors (Lipinski definition) is 0. The molecule has 0 N–H and O–H groups in total. The van der Waals surface area contributed by atoms with Crippen molar-refractivity contribution < 1.29 is 0 Å². The van der Waals surface area contributed by atoms with Gasteiger partial charge in [0.2, 0.25) is 0 Å². The van der Waals surface area contributed by atoms with E-state index in [1.165, 1.54) is 11.1 Å². The zero-order valence-corrected chi connectivity index (χ0v) is 9.19. The molecule has 12 heavy (non-hydrogen) atoms. The summed E-state index contributed by atoms with van der Waals surface area (Å²) < 4.78 is 1.10. The van der Waals surface area contributed by atoms with Crippen LogP contribution in [0.4, 0.5) is 0 Å². The summed E-state index contributed by atoms with van der Waals surface area (Å²) in [5.74, 6) is 0.571. The molecular formula is C10H10BrCl. The number of hydrogen-bond acceptors (Lipinski definition) is 0. The average molecular weight is 246 g/mol. The van der Waals surface area contributed by atoms with Gasteiger partial charge in [0.15, 0.2) is 0 Å². The van der Waals surface area contributed by atoms with E-state index in [1.807, 2.05) is 18.2 Å². The molecule has 0 saturated carbocycles. The first-order valence-electron chi connectivity index (χ1n) is 3.72. The molecule has 1 rings (SSSR count). The van der Waals surface area contributed by atoms with E-state index in [0.29, 0.717) is 5.88 Å². The normalized spacial score (nSPS) is 11.8. The molecule has 0 aliphatic carbocycles. The lowest BCUT2D eigenvalue weighted by Gasteiger charge is -2.00. The Kier molecular flexibility index (Phi) is 3.83. The third kappa shape index (κ3) is 2.65. The average Bonchev–Trinajstić information content (AvgIpc) is 2.06. The maximum absolute atomic E-state index is 5.59. The third-order valence-corrected chi connectivity index (χ3v) is 2.37. The highest BCUT2D eigenvalue weighted by Crippen LogP contribution is 2.17. The van der Waals surface area contributed by atoms with E-state index in [2.05, 4.69) is 35.0 Å². The molecule has 0 radical (unpaired) electrons. The fraction of sp³-hybridized carbons (Fsp3) is 0.200. The Bertz CT molecular complexity index is 274. The predicted molar refractivity (Wildman–Crippen MR) is 58.5 cm³/mol. The van der Waals surface area contributed by atoms with Gasteiger partial charge in [-0.2, -0.15) is 0 Å². The van der Waals surface area contributed by atoms with Crippen LogP contribution in [-0.4, -0.2) is 5.88 Å². The van der Waals surface area contributed by atoms with E-state index >= 15 is 0 Å². The van der Waals surface area contributed by atoms with Gasteiger partial charge in [-0.1, -0.05) is 34.1 Å². The van der Waals surface area contributed by atoms with Gasteiger partial charge in [0.25, 0.3) is 0 Å². The Morgan fingerprint density at radius 3 is 2.50 bits per heavy atom. The third-order valence-electron chi connectivity index (χ3n) is 1.68. The summed E-state index contributed by atoms with van der Waals surface area (Å²) in [4.78, 5) is 0. The fourth-order valence-electron chi connectivity index (χ4n) is 0.946. The van der Waals surface area contributed by atoms with Crippen molar-refractivity contribution in [1.29, 1.82) is 0 Å². The molecule has 0 nitrogen and oxygen atoms in total. The lowest BCUT2D eigenvalue weighted by atomic mass is 10.1. The SMILES string of the molecule is C/C(=C/CCl)c1ccc(Br)cc1. The van der Waals surface area contributed by atoms with Crippen LogP contribution in [0.2, 0.25) is 0 Å². The Labute approximate surface area is 86.4 Å². The van der Waals surface area contributed by atoms with Gasteiger partial charge < -0.3 is 0 Å². The zero-order chi connectivity index (χ0) is 8.97. The predicted octanol–water partition coefficient (Wildman–Crippen LogP) is 4.09. The van der Waals surface area contributed by atoms with Gasteiger partial charge in [0.1, 0.15) is 0 Å². The molecule has 0 saturated heterocycles. The van der Waals surface area contributed by atoms with Crippen LogP contribution in [0.3, 0.4) is 0 Å². The van der Waals surface area contributed by atoms with Crippen molar-refractivity contribution in [2.24, 2.45) is 0 Å². The van der Waals surface area contributed by atoms with Crippen LogP contribution >= 0.6 is 27.5 Å². The van der Waals surface area contributed by atoms with Crippen LogP contribution < -0.4 is 0 Å². The number of allylic oxidation sites excluding steroid dienone is 2. The topological polar surface area (TPSA) is 0 Å². The van der Waals surface area contributed by atoms with Crippen molar-refractivity contribution in [3.8, 4) is 0 Å². The molecule has 0 atom stereocenters. The molecule has 0 amide bonds. The van der Waals surface area contributed by atoms with E-state index in [-0.39, 0.29) is 0 Å². The first-order chi connectivity index (χ1) is 5.74. The van der Waals surface area contributed by atoms with Crippen LogP contribution in [0.25, 0.3) is 5.57 Å². The molecule has 0 spiro atoms. The summed E-state index contributed by atoms with van der Waals surface area (Å²) in [6.45, 7) is 2.06. The maximum atomic E-state index is 5.59. The van der Waals surface area contributed by atoms with E-state index in [1.54, 1.807) is 0 Å². The van der Waals surface area contributed by atoms with Gasteiger partial charge in [-0.15, -0.1) is 11.6 Å². The van der Waals surface area contributed by atoms with Gasteiger partial charge in [-0.05, 0) is 30.2 Å². The van der Waals surface area contributed by atoms with Crippen LogP contribution in [0.15, 0.2) is 34.8 Å². The summed E-state index contributed by atoms with van der Waals surface area (Å²) in [5, 5.41) is 0. The Morgan fingerprint density at radius 1 is 1.42 bits per heavy atom. The molecule has 0 fully saturated rings. The second-order valence-corrected chi connectivity index (χ2v) is 3.77. The lowest BCUT2D eigenvalue weighted by Crippen LogP contribution is -1.78. The van der Waals surface area contributed by atoms with Gasteiger partial charge >= 0.3 is 0 Å². The molecule has 2 heteroatoms. The monoisotopic (exact) mass is 244 g/mol. The quantitative estimate of drug-likeness (QED) is 0.689. The number of benzene rings is 1. The van der Waals surface area contributed by atoms with Crippen molar-refractivity contribution in [3.05, 3.63) is 40.4 Å². The molecule has 0 aliphatic rings. The minimum Gasteiger partial charge on any atom is -0.122 e. The van der Waals surface area contributed by atoms with Crippen molar-refractivity contribution in [3.63, 3.8) is 0 Å². The maximum Gasteiger partial charge on any atom is 0.0409 e. The highest BCUT2D eigenvalue weighted by molar-refractivity contribution is 9.10. The summed E-state index contributed by atoms with van der Waals surface area (Å²) in [6, 6.07) is 8.20. The van der Waals surface area contributed by atoms with E-state index < -0.39 is 0 Å². The van der Waals surface area contributed by atoms with Crippen LogP contribution in [-0.2, 0) is 0 Å². The van der Waals surface area contributed by atoms with E-state index in [4.69, 9.17) is 11.6 Å². The van der Waals surface area contributed by atoms with Crippen molar-refractivity contribution in [2.75, 3.05) is 5.88 Å². The smallest absolute Gasteiger partial charge is 0.0409 e. The molecule has 1 aromatic carbocycles. The van der Waals surface area contributed by atoms with Gasteiger partial charge in [-0.3, -0.25) is 0 Å². The van der Waals surface area contributed by atoms with Crippen molar-refractivity contribution >= 4 is 33.1 Å². The van der Waals surface area contributed by atoms with Gasteiger partial charge in [0.05, 0.1) is 0 Å². The number of halogens is 2. The number of rotatable bonds is 2. The van der Waals surface area contributed by atoms with Crippen molar-refractivity contribution in [2.45, 2.75) is 6.92 Å². The second kappa shape index (κ2) is 4.68. The standard InChI is InChI=1S/C10H10BrCl/c1-8(6-7-12)9-2-4-10(11)5-3-9/h2-6H,7H2,1H3/b8-6-. The summed E-state index contributed by atoms with van der Waals surface area (Å²) >= 11 is 8.98. The van der Waals surface area contributed by atoms with Gasteiger partial charge in [-0.25, -0.2) is 0 Å². The van der Waals surface area contributed by atoms with Crippen LogP contribution in [0, 0.1) is 0 Å². The highest BCUT2D eigenvalue weighted by Gasteiger charge is 1.93. The Morgan fingerprint density at radius 2 is 2.00 bits per heavy atom. The van der Waals surface area contributed by atoms with Crippen LogP contribution in [0.1, 0.15) is 12.5 Å². The fourth-order valence-corrected chi connectivity index (χ4v) is 1.44. The molecule has 0 aromatic heterocycles. The van der Waals surface area contributed by atoms with Crippen molar-refractivity contribution in [1.82, 2.24) is 0 Å². The molecule has 0 aliphatic heterocycles. The Balaban J connectivity index is 2.89. The summed E-state index contributed by atoms with van der Waals surface area (Å²) in [6.07, 6.45) is 2.00. The largest absolute Gasteiger partial charge is 0.122 e. The lowest BCUT2D eigenvalue weighted by molar-refractivity contribution is 1.53. The Hall–Kier alpha value is -0.270. The minimum absolute atomic E-state index is 0.571. The van der Waals surface area contributed by atoms with E-state index in [9.17, 15) is 0 Å². The second-order valence-electron chi connectivity index (χ2n) is 2.55. The molecule has 0 heterocycles. The van der Waals surface area contributed by atoms with Crippen LogP contribution in [0.5, 0.6) is 0 Å². The molecule has 0 bridgehead atoms. The van der Waals surface area contributed by atoms with E-state index in [0.717, 1.165) is 4.47 Å². The first kappa shape index (κ1) is 9.82. The molecule has 0 unspecified atom stereocenters. The highest BCUT2D eigenvalue weighted by atomic mass is 79.9. The molecule has 64 valence electrons. The van der Waals surface area contributed by atoms with Gasteiger partial charge in [0, 0.05) is 10.4 Å². The molecular weight excluding hydrogens is 235 g/mol. The zero-order valence-electron chi connectivity index (χ0n) is 6.85. The number of alkyl halides is 1. The molecule has 1 aromatic rings. The first-order valence-corrected chi connectivity index (χ1v) is 5.05. The summed E-state index contributed by atoms with van der Waals surface area (Å²) in [7, 11) is 0. The summed E-state index contributed by atoms with van der Waals surface area (Å²) in [5.41, 5.74) is 2.44. The minimum atomic E-state index is 0.571.